The number of aromatic nitrogens is 1. The highest BCUT2D eigenvalue weighted by Gasteiger charge is 2.28. The average molecular weight is 270 g/mol. The lowest BCUT2D eigenvalue weighted by Gasteiger charge is -2.26. The van der Waals surface area contributed by atoms with Crippen LogP contribution in [0.5, 0.6) is 0 Å². The fourth-order valence-electron chi connectivity index (χ4n) is 2.66. The second-order valence-corrected chi connectivity index (χ2v) is 4.85. The molecule has 0 bridgehead atoms. The Morgan fingerprint density at radius 2 is 2.20 bits per heavy atom. The van der Waals surface area contributed by atoms with Crippen LogP contribution in [0.2, 0.25) is 0 Å². The zero-order valence-corrected chi connectivity index (χ0v) is 11.5. The van der Waals surface area contributed by atoms with E-state index in [4.69, 9.17) is 10.5 Å². The molecule has 1 aliphatic heterocycles. The van der Waals surface area contributed by atoms with Crippen LogP contribution < -0.4 is 5.73 Å². The van der Waals surface area contributed by atoms with Gasteiger partial charge in [0.25, 0.3) is 0 Å². The number of benzene rings is 1. The van der Waals surface area contributed by atoms with E-state index in [1.165, 1.54) is 10.9 Å². The third-order valence-corrected chi connectivity index (χ3v) is 3.69. The van der Waals surface area contributed by atoms with Gasteiger partial charge in [-0.05, 0) is 5.39 Å². The molecule has 3 rings (SSSR count). The molecule has 2 heterocycles. The summed E-state index contributed by atoms with van der Waals surface area (Å²) >= 11 is 0. The molecular formula is C15H18N4O. The van der Waals surface area contributed by atoms with Crippen molar-refractivity contribution in [2.24, 2.45) is 10.7 Å². The van der Waals surface area contributed by atoms with Crippen molar-refractivity contribution < 1.29 is 4.74 Å². The third kappa shape index (κ3) is 2.20. The summed E-state index contributed by atoms with van der Waals surface area (Å²) in [4.78, 5) is 10.8. The predicted octanol–water partition coefficient (Wildman–Crippen LogP) is 1.55. The van der Waals surface area contributed by atoms with Gasteiger partial charge in [0.15, 0.2) is 5.96 Å². The van der Waals surface area contributed by atoms with Crippen LogP contribution in [0.25, 0.3) is 10.8 Å². The van der Waals surface area contributed by atoms with Crippen LogP contribution >= 0.6 is 0 Å². The first-order valence-electron chi connectivity index (χ1n) is 6.69. The van der Waals surface area contributed by atoms with Crippen LogP contribution in [0.4, 0.5) is 0 Å². The van der Waals surface area contributed by atoms with Gasteiger partial charge in [0.2, 0.25) is 0 Å². The Hall–Kier alpha value is -2.14. The molecule has 0 amide bonds. The number of hydrogen-bond acceptors (Lipinski definition) is 5. The summed E-state index contributed by atoms with van der Waals surface area (Å²) in [6.07, 6.45) is 3.80. The molecule has 1 aliphatic rings. The standard InChI is InChI=1S/C15H18N4O/c1-20-7-6-19-14(10-18-15(19)16)13-9-17-8-11-4-2-3-5-12(11)13/h2-5,8-9,14H,6-7,10H2,1H3,(H2,16,18). The first kappa shape index (κ1) is 12.9. The van der Waals surface area contributed by atoms with Crippen LogP contribution in [0.3, 0.4) is 0 Å². The Labute approximate surface area is 118 Å². The molecule has 1 unspecified atom stereocenters. The molecule has 0 saturated carbocycles. The SMILES string of the molecule is COCCN1C(N)=NCC1c1cncc2ccccc12. The number of methoxy groups -OCH3 is 1. The van der Waals surface area contributed by atoms with Gasteiger partial charge < -0.3 is 15.4 Å². The van der Waals surface area contributed by atoms with Crippen molar-refractivity contribution in [2.75, 3.05) is 26.8 Å². The first-order valence-corrected chi connectivity index (χ1v) is 6.69. The van der Waals surface area contributed by atoms with E-state index >= 15 is 0 Å². The van der Waals surface area contributed by atoms with Crippen molar-refractivity contribution in [1.82, 2.24) is 9.88 Å². The van der Waals surface area contributed by atoms with Gasteiger partial charge in [-0.2, -0.15) is 0 Å². The fourth-order valence-corrected chi connectivity index (χ4v) is 2.66. The van der Waals surface area contributed by atoms with E-state index in [0.29, 0.717) is 19.1 Å². The molecule has 0 fully saturated rings. The van der Waals surface area contributed by atoms with Crippen LogP contribution in [0, 0.1) is 0 Å². The van der Waals surface area contributed by atoms with E-state index in [1.54, 1.807) is 7.11 Å². The summed E-state index contributed by atoms with van der Waals surface area (Å²) in [5.74, 6) is 0.583. The molecule has 2 aromatic rings. The average Bonchev–Trinajstić information content (AvgIpc) is 2.85. The number of ether oxygens (including phenoxy) is 1. The number of aliphatic imine (C=N–C) groups is 1. The van der Waals surface area contributed by atoms with Crippen molar-refractivity contribution in [3.63, 3.8) is 0 Å². The summed E-state index contributed by atoms with van der Waals surface area (Å²) in [5, 5.41) is 2.35. The highest BCUT2D eigenvalue weighted by Crippen LogP contribution is 2.30. The van der Waals surface area contributed by atoms with Crippen molar-refractivity contribution in [2.45, 2.75) is 6.04 Å². The van der Waals surface area contributed by atoms with Gasteiger partial charge in [0.1, 0.15) is 0 Å². The number of nitrogens with zero attached hydrogens (tertiary/aromatic N) is 3. The Kier molecular flexibility index (Phi) is 3.52. The summed E-state index contributed by atoms with van der Waals surface area (Å²) in [6, 6.07) is 8.41. The van der Waals surface area contributed by atoms with Gasteiger partial charge >= 0.3 is 0 Å². The molecule has 0 radical (unpaired) electrons. The minimum atomic E-state index is 0.142. The van der Waals surface area contributed by atoms with E-state index in [1.807, 2.05) is 24.5 Å². The second-order valence-electron chi connectivity index (χ2n) is 4.85. The summed E-state index contributed by atoms with van der Waals surface area (Å²) < 4.78 is 5.16. The van der Waals surface area contributed by atoms with E-state index in [9.17, 15) is 0 Å². The lowest BCUT2D eigenvalue weighted by Crippen LogP contribution is -2.38. The van der Waals surface area contributed by atoms with Gasteiger partial charge in [-0.3, -0.25) is 9.98 Å². The van der Waals surface area contributed by atoms with E-state index in [-0.39, 0.29) is 6.04 Å². The number of guanidine groups is 1. The molecular weight excluding hydrogens is 252 g/mol. The van der Waals surface area contributed by atoms with Crippen molar-refractivity contribution in [3.05, 3.63) is 42.2 Å². The number of fused-ring (bicyclic) bond motifs is 1. The van der Waals surface area contributed by atoms with Gasteiger partial charge in [-0.15, -0.1) is 0 Å². The molecule has 0 spiro atoms. The van der Waals surface area contributed by atoms with Gasteiger partial charge in [-0.1, -0.05) is 24.3 Å². The maximum Gasteiger partial charge on any atom is 0.192 e. The maximum atomic E-state index is 5.99. The molecule has 5 nitrogen and oxygen atoms in total. The van der Waals surface area contributed by atoms with Crippen LogP contribution in [-0.4, -0.2) is 42.6 Å². The van der Waals surface area contributed by atoms with E-state index < -0.39 is 0 Å². The Morgan fingerprint density at radius 3 is 3.05 bits per heavy atom. The van der Waals surface area contributed by atoms with Crippen molar-refractivity contribution >= 4 is 16.7 Å². The lowest BCUT2D eigenvalue weighted by molar-refractivity contribution is 0.166. The predicted molar refractivity (Wildman–Crippen MR) is 79.6 cm³/mol. The van der Waals surface area contributed by atoms with Crippen LogP contribution in [-0.2, 0) is 4.74 Å². The van der Waals surface area contributed by atoms with Crippen molar-refractivity contribution in [3.8, 4) is 0 Å². The van der Waals surface area contributed by atoms with E-state index in [2.05, 4.69) is 27.0 Å². The summed E-state index contributed by atoms with van der Waals surface area (Å²) in [5.41, 5.74) is 7.16. The largest absolute Gasteiger partial charge is 0.383 e. The van der Waals surface area contributed by atoms with Crippen LogP contribution in [0.15, 0.2) is 41.7 Å². The molecule has 20 heavy (non-hydrogen) atoms. The lowest BCUT2D eigenvalue weighted by atomic mass is 10.0. The topological polar surface area (TPSA) is 63.7 Å². The fraction of sp³-hybridized carbons (Fsp3) is 0.333. The zero-order chi connectivity index (χ0) is 13.9. The Balaban J connectivity index is 1.98. The second kappa shape index (κ2) is 5.46. The number of hydrogen-bond donors (Lipinski definition) is 1. The van der Waals surface area contributed by atoms with Crippen molar-refractivity contribution in [1.29, 1.82) is 0 Å². The number of pyridine rings is 1. The van der Waals surface area contributed by atoms with E-state index in [0.717, 1.165) is 11.9 Å². The number of rotatable bonds is 4. The summed E-state index contributed by atoms with van der Waals surface area (Å²) in [6.45, 7) is 2.04. The zero-order valence-electron chi connectivity index (χ0n) is 11.5. The minimum Gasteiger partial charge on any atom is -0.383 e. The molecule has 1 aromatic carbocycles. The minimum absolute atomic E-state index is 0.142. The molecule has 0 saturated heterocycles. The number of nitrogens with two attached hydrogens (primary N) is 1. The molecule has 0 aliphatic carbocycles. The monoisotopic (exact) mass is 270 g/mol. The maximum absolute atomic E-state index is 5.99. The smallest absolute Gasteiger partial charge is 0.192 e. The molecule has 2 N–H and O–H groups in total. The van der Waals surface area contributed by atoms with Gasteiger partial charge in [0.05, 0.1) is 19.2 Å². The van der Waals surface area contributed by atoms with Gasteiger partial charge in [-0.25, -0.2) is 0 Å². The van der Waals surface area contributed by atoms with Crippen LogP contribution in [0.1, 0.15) is 11.6 Å². The third-order valence-electron chi connectivity index (χ3n) is 3.69. The highest BCUT2D eigenvalue weighted by atomic mass is 16.5. The molecule has 104 valence electrons. The van der Waals surface area contributed by atoms with Gasteiger partial charge in [0, 0.05) is 37.0 Å². The molecule has 5 heteroatoms. The Morgan fingerprint density at radius 1 is 1.35 bits per heavy atom. The summed E-state index contributed by atoms with van der Waals surface area (Å²) in [7, 11) is 1.69. The normalized spacial score (nSPS) is 18.6. The highest BCUT2D eigenvalue weighted by molar-refractivity contribution is 5.87. The Bertz CT molecular complexity index is 635. The first-order chi connectivity index (χ1) is 9.81. The molecule has 1 atom stereocenters. The quantitative estimate of drug-likeness (QED) is 0.915. The molecule has 1 aromatic heterocycles.